The molecule has 1 unspecified atom stereocenters. The SMILES string of the molecule is CN(C)C(=O)C1CCCN1c1cnn(-c2ccc(Cl)cc2)c(=O)c1Cl. The van der Waals surface area contributed by atoms with E-state index < -0.39 is 5.56 Å². The molecular weight excluding hydrogens is 363 g/mol. The van der Waals surface area contributed by atoms with Gasteiger partial charge in [-0.15, -0.1) is 0 Å². The molecule has 1 aliphatic rings. The summed E-state index contributed by atoms with van der Waals surface area (Å²) < 4.78 is 1.22. The van der Waals surface area contributed by atoms with Crippen LogP contribution in [0.2, 0.25) is 10.0 Å². The summed E-state index contributed by atoms with van der Waals surface area (Å²) in [7, 11) is 3.44. The summed E-state index contributed by atoms with van der Waals surface area (Å²) in [5.74, 6) is -0.00422. The van der Waals surface area contributed by atoms with Crippen molar-refractivity contribution < 1.29 is 4.79 Å². The van der Waals surface area contributed by atoms with Gasteiger partial charge in [-0.3, -0.25) is 9.59 Å². The number of carbonyl (C=O) groups excluding carboxylic acids is 1. The number of nitrogens with zero attached hydrogens (tertiary/aromatic N) is 4. The maximum atomic E-state index is 12.7. The first-order valence-electron chi connectivity index (χ1n) is 7.91. The second kappa shape index (κ2) is 7.06. The molecule has 1 amide bonds. The number of amides is 1. The number of anilines is 1. The van der Waals surface area contributed by atoms with E-state index in [4.69, 9.17) is 23.2 Å². The molecule has 2 heterocycles. The van der Waals surface area contributed by atoms with E-state index in [1.54, 1.807) is 49.5 Å². The number of carbonyl (C=O) groups is 1. The fourth-order valence-electron chi connectivity index (χ4n) is 3.00. The number of halogens is 2. The molecule has 3 rings (SSSR count). The van der Waals surface area contributed by atoms with E-state index >= 15 is 0 Å². The Morgan fingerprint density at radius 1 is 1.24 bits per heavy atom. The van der Waals surface area contributed by atoms with Gasteiger partial charge < -0.3 is 9.80 Å². The summed E-state index contributed by atoms with van der Waals surface area (Å²) in [6.07, 6.45) is 3.13. The number of benzene rings is 1. The van der Waals surface area contributed by atoms with Crippen LogP contribution in [0.25, 0.3) is 5.69 Å². The zero-order valence-corrected chi connectivity index (χ0v) is 15.5. The van der Waals surface area contributed by atoms with E-state index in [1.165, 1.54) is 4.68 Å². The van der Waals surface area contributed by atoms with Crippen molar-refractivity contribution in [2.24, 2.45) is 0 Å². The Morgan fingerprint density at radius 3 is 2.56 bits per heavy atom. The lowest BCUT2D eigenvalue weighted by atomic mass is 10.2. The first kappa shape index (κ1) is 17.8. The summed E-state index contributed by atoms with van der Waals surface area (Å²) in [6.45, 7) is 0.663. The van der Waals surface area contributed by atoms with E-state index in [-0.39, 0.29) is 17.0 Å². The molecule has 1 fully saturated rings. The van der Waals surface area contributed by atoms with Crippen molar-refractivity contribution in [3.05, 3.63) is 50.9 Å². The molecule has 0 radical (unpaired) electrons. The third-order valence-electron chi connectivity index (χ3n) is 4.26. The Balaban J connectivity index is 1.99. The second-order valence-electron chi connectivity index (χ2n) is 6.12. The van der Waals surface area contributed by atoms with Crippen LogP contribution in [-0.4, -0.2) is 47.3 Å². The molecule has 0 aliphatic carbocycles. The normalized spacial score (nSPS) is 17.0. The Morgan fingerprint density at radius 2 is 1.92 bits per heavy atom. The Labute approximate surface area is 155 Å². The van der Waals surface area contributed by atoms with Crippen LogP contribution in [0.15, 0.2) is 35.3 Å². The molecule has 8 heteroatoms. The van der Waals surface area contributed by atoms with Crippen LogP contribution < -0.4 is 10.5 Å². The highest BCUT2D eigenvalue weighted by Crippen LogP contribution is 2.30. The van der Waals surface area contributed by atoms with Gasteiger partial charge in [0.15, 0.2) is 0 Å². The van der Waals surface area contributed by atoms with Crippen LogP contribution in [0.4, 0.5) is 5.69 Å². The fourth-order valence-corrected chi connectivity index (χ4v) is 3.36. The van der Waals surface area contributed by atoms with Gasteiger partial charge >= 0.3 is 0 Å². The Bertz CT molecular complexity index is 849. The topological polar surface area (TPSA) is 58.4 Å². The van der Waals surface area contributed by atoms with E-state index in [1.807, 2.05) is 4.90 Å². The van der Waals surface area contributed by atoms with E-state index in [0.717, 1.165) is 12.8 Å². The molecule has 6 nitrogen and oxygen atoms in total. The summed E-state index contributed by atoms with van der Waals surface area (Å²) >= 11 is 12.2. The minimum atomic E-state index is -0.426. The third kappa shape index (κ3) is 3.37. The van der Waals surface area contributed by atoms with Gasteiger partial charge in [-0.1, -0.05) is 23.2 Å². The van der Waals surface area contributed by atoms with Crippen LogP contribution in [0.5, 0.6) is 0 Å². The van der Waals surface area contributed by atoms with Crippen LogP contribution in [0.1, 0.15) is 12.8 Å². The molecule has 1 atom stereocenters. The van der Waals surface area contributed by atoms with Gasteiger partial charge in [-0.05, 0) is 37.1 Å². The number of likely N-dealkylation sites (N-methyl/N-ethyl adjacent to an activating group) is 1. The van der Waals surface area contributed by atoms with Crippen molar-refractivity contribution in [2.75, 3.05) is 25.5 Å². The van der Waals surface area contributed by atoms with Crippen LogP contribution in [-0.2, 0) is 4.79 Å². The average Bonchev–Trinajstić information content (AvgIpc) is 3.06. The zero-order valence-electron chi connectivity index (χ0n) is 13.9. The Hall–Kier alpha value is -2.05. The van der Waals surface area contributed by atoms with Crippen molar-refractivity contribution in [3.63, 3.8) is 0 Å². The van der Waals surface area contributed by atoms with Gasteiger partial charge in [0.25, 0.3) is 5.56 Å². The maximum absolute atomic E-state index is 12.7. The highest BCUT2D eigenvalue weighted by molar-refractivity contribution is 6.33. The van der Waals surface area contributed by atoms with Gasteiger partial charge in [-0.2, -0.15) is 9.78 Å². The van der Waals surface area contributed by atoms with Gasteiger partial charge in [-0.25, -0.2) is 0 Å². The largest absolute Gasteiger partial charge is 0.357 e. The number of hydrogen-bond donors (Lipinski definition) is 0. The molecular formula is C17H18Cl2N4O2. The summed E-state index contributed by atoms with van der Waals surface area (Å²) in [5.41, 5.74) is 0.643. The van der Waals surface area contributed by atoms with Gasteiger partial charge in [0, 0.05) is 25.7 Å². The lowest BCUT2D eigenvalue weighted by molar-refractivity contribution is -0.129. The second-order valence-corrected chi connectivity index (χ2v) is 6.94. The molecule has 1 aromatic heterocycles. The van der Waals surface area contributed by atoms with Crippen molar-refractivity contribution in [2.45, 2.75) is 18.9 Å². The molecule has 1 aliphatic heterocycles. The summed E-state index contributed by atoms with van der Waals surface area (Å²) in [4.78, 5) is 28.4. The predicted molar refractivity (Wildman–Crippen MR) is 98.9 cm³/mol. The van der Waals surface area contributed by atoms with Gasteiger partial charge in [0.1, 0.15) is 11.1 Å². The number of rotatable bonds is 3. The van der Waals surface area contributed by atoms with Crippen LogP contribution in [0, 0.1) is 0 Å². The average molecular weight is 381 g/mol. The minimum absolute atomic E-state index is 0.00422. The van der Waals surface area contributed by atoms with E-state index in [2.05, 4.69) is 5.10 Å². The van der Waals surface area contributed by atoms with Crippen molar-refractivity contribution in [1.82, 2.24) is 14.7 Å². The molecule has 2 aromatic rings. The molecule has 0 saturated carbocycles. The van der Waals surface area contributed by atoms with Crippen molar-refractivity contribution in [3.8, 4) is 5.69 Å². The van der Waals surface area contributed by atoms with E-state index in [0.29, 0.717) is 22.9 Å². The van der Waals surface area contributed by atoms with Crippen molar-refractivity contribution in [1.29, 1.82) is 0 Å². The molecule has 1 aromatic carbocycles. The highest BCUT2D eigenvalue weighted by Gasteiger charge is 2.33. The van der Waals surface area contributed by atoms with Crippen LogP contribution >= 0.6 is 23.2 Å². The smallest absolute Gasteiger partial charge is 0.292 e. The molecule has 0 spiro atoms. The first-order valence-corrected chi connectivity index (χ1v) is 8.67. The lowest BCUT2D eigenvalue weighted by Gasteiger charge is -2.28. The molecule has 25 heavy (non-hydrogen) atoms. The first-order chi connectivity index (χ1) is 11.9. The Kier molecular flexibility index (Phi) is 5.01. The minimum Gasteiger partial charge on any atom is -0.357 e. The standard InChI is InChI=1S/C17H18Cl2N4O2/c1-21(2)16(24)13-4-3-9-22(13)14-10-20-23(17(25)15(14)19)12-7-5-11(18)6-8-12/h5-8,10,13H,3-4,9H2,1-2H3. The van der Waals surface area contributed by atoms with Gasteiger partial charge in [0.05, 0.1) is 17.6 Å². The molecule has 0 N–H and O–H groups in total. The van der Waals surface area contributed by atoms with Crippen LogP contribution in [0.3, 0.4) is 0 Å². The predicted octanol–water partition coefficient (Wildman–Crippen LogP) is 2.60. The molecule has 132 valence electrons. The van der Waals surface area contributed by atoms with E-state index in [9.17, 15) is 9.59 Å². The summed E-state index contributed by atoms with van der Waals surface area (Å²) in [6, 6.07) is 6.43. The number of aromatic nitrogens is 2. The third-order valence-corrected chi connectivity index (χ3v) is 4.87. The monoisotopic (exact) mass is 380 g/mol. The fraction of sp³-hybridized carbons (Fsp3) is 0.353. The zero-order chi connectivity index (χ0) is 18.1. The maximum Gasteiger partial charge on any atom is 0.292 e. The molecule has 1 saturated heterocycles. The quantitative estimate of drug-likeness (QED) is 0.820. The highest BCUT2D eigenvalue weighted by atomic mass is 35.5. The number of hydrogen-bond acceptors (Lipinski definition) is 4. The summed E-state index contributed by atoms with van der Waals surface area (Å²) in [5, 5.41) is 4.86. The lowest BCUT2D eigenvalue weighted by Crippen LogP contribution is -2.43. The van der Waals surface area contributed by atoms with Gasteiger partial charge in [0.2, 0.25) is 5.91 Å². The van der Waals surface area contributed by atoms with Crippen molar-refractivity contribution >= 4 is 34.8 Å². The molecule has 0 bridgehead atoms.